The number of rotatable bonds is 4. The molecule has 0 aliphatic carbocycles. The van der Waals surface area contributed by atoms with Gasteiger partial charge >= 0.3 is 24.0 Å². The van der Waals surface area contributed by atoms with Gasteiger partial charge in [-0.25, -0.2) is 9.18 Å². The molecule has 10 heteroatoms. The maximum absolute atomic E-state index is 12.7. The molecule has 1 unspecified atom stereocenters. The number of carboxylic acids is 1. The molecule has 0 radical (unpaired) electrons. The monoisotopic (exact) mass is 286 g/mol. The zero-order chi connectivity index (χ0) is 14.9. The third kappa shape index (κ3) is 2.91. The number of carboxylic acid groups (broad SMARTS) is 1. The molecule has 0 bridgehead atoms. The van der Waals surface area contributed by atoms with Gasteiger partial charge in [0.1, 0.15) is 0 Å². The van der Waals surface area contributed by atoms with Crippen molar-refractivity contribution in [2.75, 3.05) is 0 Å². The van der Waals surface area contributed by atoms with Gasteiger partial charge in [-0.3, -0.25) is 0 Å². The second-order valence-corrected chi connectivity index (χ2v) is 3.25. The van der Waals surface area contributed by atoms with Crippen LogP contribution in [0.2, 0.25) is 0 Å². The van der Waals surface area contributed by atoms with Crippen LogP contribution < -0.4 is 0 Å². The van der Waals surface area contributed by atoms with Crippen LogP contribution in [0.1, 0.15) is 6.92 Å². The van der Waals surface area contributed by atoms with Crippen LogP contribution in [0.4, 0.5) is 35.1 Å². The van der Waals surface area contributed by atoms with Gasteiger partial charge in [-0.2, -0.15) is 30.7 Å². The Bertz CT molecular complexity index is 357. The van der Waals surface area contributed by atoms with Crippen molar-refractivity contribution in [3.63, 3.8) is 0 Å². The van der Waals surface area contributed by atoms with Gasteiger partial charge in [-0.05, 0) is 13.0 Å². The number of hydrogen-bond acceptors (Lipinski definition) is 1. The Morgan fingerprint density at radius 2 is 1.50 bits per heavy atom. The molecule has 0 aliphatic heterocycles. The Morgan fingerprint density at radius 1 is 1.11 bits per heavy atom. The van der Waals surface area contributed by atoms with E-state index < -0.39 is 41.8 Å². The van der Waals surface area contributed by atoms with E-state index in [1.54, 1.807) is 0 Å². The highest BCUT2D eigenvalue weighted by Gasteiger charge is 2.75. The van der Waals surface area contributed by atoms with Gasteiger partial charge in [0.15, 0.2) is 6.17 Å². The molecule has 0 heterocycles. The average Bonchev–Trinajstić information content (AvgIpc) is 2.14. The molecule has 0 amide bonds. The molecule has 0 aromatic carbocycles. The van der Waals surface area contributed by atoms with Crippen LogP contribution in [-0.4, -0.2) is 35.3 Å². The molecule has 0 saturated heterocycles. The number of alkyl halides is 8. The van der Waals surface area contributed by atoms with Gasteiger partial charge in [0.2, 0.25) is 0 Å². The quantitative estimate of drug-likeness (QED) is 0.636. The second kappa shape index (κ2) is 4.73. The van der Waals surface area contributed by atoms with Gasteiger partial charge in [0.25, 0.3) is 0 Å². The molecule has 0 fully saturated rings. The lowest BCUT2D eigenvalue weighted by Crippen LogP contribution is -2.56. The molecule has 0 aromatic heterocycles. The molecule has 106 valence electrons. The van der Waals surface area contributed by atoms with E-state index in [9.17, 15) is 39.9 Å². The van der Waals surface area contributed by atoms with E-state index in [1.165, 1.54) is 0 Å². The molecule has 2 nitrogen and oxygen atoms in total. The summed E-state index contributed by atoms with van der Waals surface area (Å²) in [6.45, 7) is 0.566. The maximum Gasteiger partial charge on any atom is 0.460 e. The van der Waals surface area contributed by atoms with Crippen molar-refractivity contribution in [3.8, 4) is 0 Å². The van der Waals surface area contributed by atoms with E-state index in [-0.39, 0.29) is 0 Å². The minimum absolute atomic E-state index is 0.512. The van der Waals surface area contributed by atoms with E-state index >= 15 is 0 Å². The third-order valence-corrected chi connectivity index (χ3v) is 1.85. The fraction of sp³-hybridized carbons (Fsp3) is 0.625. The van der Waals surface area contributed by atoms with Crippen molar-refractivity contribution in [3.05, 3.63) is 11.6 Å². The van der Waals surface area contributed by atoms with Crippen LogP contribution in [0.15, 0.2) is 11.6 Å². The predicted octanol–water partition coefficient (Wildman–Crippen LogP) is 3.19. The Labute approximate surface area is 94.9 Å². The molecule has 0 aromatic rings. The van der Waals surface area contributed by atoms with Crippen molar-refractivity contribution in [1.29, 1.82) is 0 Å². The van der Waals surface area contributed by atoms with Gasteiger partial charge in [-0.1, -0.05) is 0 Å². The second-order valence-electron chi connectivity index (χ2n) is 3.25. The standard InChI is InChI=1S/C8H6F8O2/c1-3(5(17)18)2-4(9)6(10,11)7(12,13)8(14,15)16/h2,4H,1H3,(H,17,18). The highest BCUT2D eigenvalue weighted by molar-refractivity contribution is 5.85. The molecular formula is C8H6F8O2. The summed E-state index contributed by atoms with van der Waals surface area (Å²) in [6.07, 6.45) is -11.3. The lowest BCUT2D eigenvalue weighted by Gasteiger charge is -2.29. The van der Waals surface area contributed by atoms with Gasteiger partial charge in [-0.15, -0.1) is 0 Å². The summed E-state index contributed by atoms with van der Waals surface area (Å²) >= 11 is 0. The first-order chi connectivity index (χ1) is 7.75. The highest BCUT2D eigenvalue weighted by Crippen LogP contribution is 2.49. The lowest BCUT2D eigenvalue weighted by molar-refractivity contribution is -0.362. The van der Waals surface area contributed by atoms with Crippen LogP contribution in [0, 0.1) is 0 Å². The summed E-state index contributed by atoms with van der Waals surface area (Å²) in [7, 11) is 0. The van der Waals surface area contributed by atoms with E-state index in [2.05, 4.69) is 0 Å². The average molecular weight is 286 g/mol. The molecule has 0 aliphatic rings. The van der Waals surface area contributed by atoms with Gasteiger partial charge in [0, 0.05) is 5.57 Å². The lowest BCUT2D eigenvalue weighted by atomic mass is 10.0. The normalized spacial score (nSPS) is 16.6. The summed E-state index contributed by atoms with van der Waals surface area (Å²) in [6, 6.07) is 0. The van der Waals surface area contributed by atoms with Gasteiger partial charge < -0.3 is 5.11 Å². The molecule has 1 atom stereocenters. The summed E-state index contributed by atoms with van der Waals surface area (Å²) in [5, 5.41) is 8.17. The zero-order valence-electron chi connectivity index (χ0n) is 8.53. The van der Waals surface area contributed by atoms with Crippen molar-refractivity contribution in [2.45, 2.75) is 31.1 Å². The van der Waals surface area contributed by atoms with Crippen molar-refractivity contribution in [2.24, 2.45) is 0 Å². The molecule has 0 spiro atoms. The topological polar surface area (TPSA) is 37.3 Å². The van der Waals surface area contributed by atoms with E-state index in [0.29, 0.717) is 6.92 Å². The fourth-order valence-corrected chi connectivity index (χ4v) is 0.758. The molecule has 18 heavy (non-hydrogen) atoms. The Kier molecular flexibility index (Phi) is 4.37. The Hall–Kier alpha value is -1.35. The number of allylic oxidation sites excluding steroid dienone is 1. The van der Waals surface area contributed by atoms with E-state index in [1.807, 2.05) is 0 Å². The molecule has 0 rings (SSSR count). The number of halogens is 8. The summed E-state index contributed by atoms with van der Waals surface area (Å²) in [4.78, 5) is 10.1. The largest absolute Gasteiger partial charge is 0.478 e. The van der Waals surface area contributed by atoms with E-state index in [0.717, 1.165) is 0 Å². The number of hydrogen-bond donors (Lipinski definition) is 1. The van der Waals surface area contributed by atoms with E-state index in [4.69, 9.17) is 5.11 Å². The van der Waals surface area contributed by atoms with Crippen LogP contribution in [0.3, 0.4) is 0 Å². The third-order valence-electron chi connectivity index (χ3n) is 1.85. The zero-order valence-corrected chi connectivity index (χ0v) is 8.53. The molecule has 1 N–H and O–H groups in total. The first kappa shape index (κ1) is 16.6. The predicted molar refractivity (Wildman–Crippen MR) is 42.2 cm³/mol. The van der Waals surface area contributed by atoms with Crippen LogP contribution in [-0.2, 0) is 4.79 Å². The summed E-state index contributed by atoms with van der Waals surface area (Å²) < 4.78 is 97.6. The maximum atomic E-state index is 12.7. The van der Waals surface area contributed by atoms with Crippen LogP contribution in [0.5, 0.6) is 0 Å². The Morgan fingerprint density at radius 3 is 1.78 bits per heavy atom. The number of carbonyl (C=O) groups is 1. The smallest absolute Gasteiger partial charge is 0.460 e. The minimum atomic E-state index is -6.66. The van der Waals surface area contributed by atoms with Crippen molar-refractivity contribution < 1.29 is 45.0 Å². The van der Waals surface area contributed by atoms with Crippen LogP contribution in [0.25, 0.3) is 0 Å². The first-order valence-corrected chi connectivity index (χ1v) is 4.13. The Balaban J connectivity index is 5.40. The highest BCUT2D eigenvalue weighted by atomic mass is 19.4. The molecule has 0 saturated carbocycles. The molecular weight excluding hydrogens is 280 g/mol. The van der Waals surface area contributed by atoms with Gasteiger partial charge in [0.05, 0.1) is 0 Å². The summed E-state index contributed by atoms with van der Waals surface area (Å²) in [5.74, 6) is -14.7. The minimum Gasteiger partial charge on any atom is -0.478 e. The van der Waals surface area contributed by atoms with Crippen molar-refractivity contribution in [1.82, 2.24) is 0 Å². The number of aliphatic carboxylic acids is 1. The first-order valence-electron chi connectivity index (χ1n) is 4.13. The fourth-order valence-electron chi connectivity index (χ4n) is 0.758. The summed E-state index contributed by atoms with van der Waals surface area (Å²) in [5.41, 5.74) is -1.12. The SMILES string of the molecule is CC(=CC(F)C(F)(F)C(F)(F)C(F)(F)F)C(=O)O. The van der Waals surface area contributed by atoms with Crippen molar-refractivity contribution >= 4 is 5.97 Å². The van der Waals surface area contributed by atoms with Crippen LogP contribution >= 0.6 is 0 Å².